The number of rotatable bonds is 5. The SMILES string of the molecule is CCN(CCO)C(=O)C(=O)NCc1ccc(Cl)cc1. The quantitative estimate of drug-likeness (QED) is 0.786. The Morgan fingerprint density at radius 2 is 1.95 bits per heavy atom. The summed E-state index contributed by atoms with van der Waals surface area (Å²) in [6.07, 6.45) is 0. The highest BCUT2D eigenvalue weighted by Gasteiger charge is 2.19. The van der Waals surface area contributed by atoms with Crippen molar-refractivity contribution in [2.24, 2.45) is 0 Å². The van der Waals surface area contributed by atoms with E-state index in [1.165, 1.54) is 4.90 Å². The van der Waals surface area contributed by atoms with E-state index in [1.807, 2.05) is 0 Å². The van der Waals surface area contributed by atoms with Crippen molar-refractivity contribution in [2.75, 3.05) is 19.7 Å². The molecule has 0 spiro atoms. The highest BCUT2D eigenvalue weighted by atomic mass is 35.5. The summed E-state index contributed by atoms with van der Waals surface area (Å²) in [5.41, 5.74) is 0.857. The summed E-state index contributed by atoms with van der Waals surface area (Å²) < 4.78 is 0. The Labute approximate surface area is 117 Å². The smallest absolute Gasteiger partial charge is 0.311 e. The Kier molecular flexibility index (Phi) is 6.32. The first-order chi connectivity index (χ1) is 9.08. The number of nitrogens with one attached hydrogen (secondary N) is 1. The van der Waals surface area contributed by atoms with Crippen LogP contribution in [0.1, 0.15) is 12.5 Å². The Morgan fingerprint density at radius 3 is 2.47 bits per heavy atom. The molecule has 0 atom stereocenters. The minimum absolute atomic E-state index is 0.156. The monoisotopic (exact) mass is 284 g/mol. The number of carbonyl (C=O) groups is 2. The summed E-state index contributed by atoms with van der Waals surface area (Å²) in [7, 11) is 0. The van der Waals surface area contributed by atoms with Crippen LogP contribution in [0, 0.1) is 0 Å². The third-order valence-corrected chi connectivity index (χ3v) is 2.85. The maximum atomic E-state index is 11.7. The zero-order chi connectivity index (χ0) is 14.3. The molecule has 1 rings (SSSR count). The number of benzene rings is 1. The lowest BCUT2D eigenvalue weighted by Crippen LogP contribution is -2.43. The number of nitrogens with zero attached hydrogens (tertiary/aromatic N) is 1. The lowest BCUT2D eigenvalue weighted by molar-refractivity contribution is -0.146. The first-order valence-electron chi connectivity index (χ1n) is 6.01. The average Bonchev–Trinajstić information content (AvgIpc) is 2.43. The van der Waals surface area contributed by atoms with E-state index < -0.39 is 11.8 Å². The van der Waals surface area contributed by atoms with Crippen LogP contribution >= 0.6 is 11.6 Å². The third kappa shape index (κ3) is 4.89. The highest BCUT2D eigenvalue weighted by molar-refractivity contribution is 6.35. The fourth-order valence-corrected chi connectivity index (χ4v) is 1.65. The van der Waals surface area contributed by atoms with Crippen LogP contribution in [-0.2, 0) is 16.1 Å². The predicted molar refractivity (Wildman–Crippen MR) is 72.6 cm³/mol. The summed E-state index contributed by atoms with van der Waals surface area (Å²) in [4.78, 5) is 24.7. The number of likely N-dealkylation sites (N-methyl/N-ethyl adjacent to an activating group) is 1. The van der Waals surface area contributed by atoms with Crippen molar-refractivity contribution in [1.29, 1.82) is 0 Å². The minimum Gasteiger partial charge on any atom is -0.395 e. The van der Waals surface area contributed by atoms with Gasteiger partial charge in [-0.25, -0.2) is 0 Å². The molecule has 0 aliphatic rings. The van der Waals surface area contributed by atoms with E-state index in [1.54, 1.807) is 31.2 Å². The van der Waals surface area contributed by atoms with Gasteiger partial charge in [0.05, 0.1) is 6.61 Å². The van der Waals surface area contributed by atoms with Crippen molar-refractivity contribution >= 4 is 23.4 Å². The van der Waals surface area contributed by atoms with Gasteiger partial charge in [-0.1, -0.05) is 23.7 Å². The van der Waals surface area contributed by atoms with Crippen LogP contribution in [0.5, 0.6) is 0 Å². The van der Waals surface area contributed by atoms with Gasteiger partial charge in [0.2, 0.25) is 0 Å². The predicted octanol–water partition coefficient (Wildman–Crippen LogP) is 0.797. The molecule has 0 aromatic heterocycles. The van der Waals surface area contributed by atoms with E-state index in [4.69, 9.17) is 16.7 Å². The minimum atomic E-state index is -0.676. The Hall–Kier alpha value is -1.59. The van der Waals surface area contributed by atoms with E-state index in [9.17, 15) is 9.59 Å². The molecule has 104 valence electrons. The van der Waals surface area contributed by atoms with Crippen LogP contribution < -0.4 is 5.32 Å². The second-order valence-electron chi connectivity index (χ2n) is 3.92. The molecule has 0 bridgehead atoms. The topological polar surface area (TPSA) is 69.6 Å². The molecule has 19 heavy (non-hydrogen) atoms. The molecular weight excluding hydrogens is 268 g/mol. The van der Waals surface area contributed by atoms with Gasteiger partial charge in [0.15, 0.2) is 0 Å². The number of carbonyl (C=O) groups excluding carboxylic acids is 2. The summed E-state index contributed by atoms with van der Waals surface area (Å²) >= 11 is 5.75. The van der Waals surface area contributed by atoms with Crippen molar-refractivity contribution in [2.45, 2.75) is 13.5 Å². The third-order valence-electron chi connectivity index (χ3n) is 2.60. The zero-order valence-corrected chi connectivity index (χ0v) is 11.5. The molecule has 0 aliphatic carbocycles. The van der Waals surface area contributed by atoms with E-state index in [2.05, 4.69) is 5.32 Å². The van der Waals surface area contributed by atoms with Gasteiger partial charge in [-0.3, -0.25) is 9.59 Å². The highest BCUT2D eigenvalue weighted by Crippen LogP contribution is 2.09. The molecule has 0 saturated heterocycles. The Bertz CT molecular complexity index is 434. The van der Waals surface area contributed by atoms with Crippen LogP contribution in [0.4, 0.5) is 0 Å². The maximum Gasteiger partial charge on any atom is 0.311 e. The van der Waals surface area contributed by atoms with Gasteiger partial charge >= 0.3 is 11.8 Å². The normalized spacial score (nSPS) is 10.1. The average molecular weight is 285 g/mol. The van der Waals surface area contributed by atoms with Gasteiger partial charge in [-0.15, -0.1) is 0 Å². The molecule has 2 amide bonds. The number of amides is 2. The van der Waals surface area contributed by atoms with Gasteiger partial charge in [0.1, 0.15) is 0 Å². The molecule has 1 aromatic rings. The molecule has 2 N–H and O–H groups in total. The molecule has 0 heterocycles. The lowest BCUT2D eigenvalue weighted by Gasteiger charge is -2.18. The second kappa shape index (κ2) is 7.76. The van der Waals surface area contributed by atoms with Crippen LogP contribution in [0.2, 0.25) is 5.02 Å². The zero-order valence-electron chi connectivity index (χ0n) is 10.7. The molecule has 0 unspecified atom stereocenters. The van der Waals surface area contributed by atoms with Crippen molar-refractivity contribution in [1.82, 2.24) is 10.2 Å². The molecule has 6 heteroatoms. The van der Waals surface area contributed by atoms with E-state index >= 15 is 0 Å². The van der Waals surface area contributed by atoms with Gasteiger partial charge in [-0.2, -0.15) is 0 Å². The van der Waals surface area contributed by atoms with E-state index in [0.717, 1.165) is 5.56 Å². The van der Waals surface area contributed by atoms with Gasteiger partial charge < -0.3 is 15.3 Å². The van der Waals surface area contributed by atoms with Crippen molar-refractivity contribution in [3.63, 3.8) is 0 Å². The first-order valence-corrected chi connectivity index (χ1v) is 6.38. The van der Waals surface area contributed by atoms with Crippen molar-refractivity contribution in [3.8, 4) is 0 Å². The number of hydrogen-bond acceptors (Lipinski definition) is 3. The molecule has 0 aliphatic heterocycles. The van der Waals surface area contributed by atoms with Gasteiger partial charge in [0, 0.05) is 24.7 Å². The van der Waals surface area contributed by atoms with Crippen LogP contribution in [0.15, 0.2) is 24.3 Å². The summed E-state index contributed by atoms with van der Waals surface area (Å²) in [5.74, 6) is -1.31. The van der Waals surface area contributed by atoms with E-state index in [0.29, 0.717) is 11.6 Å². The van der Waals surface area contributed by atoms with Gasteiger partial charge in [-0.05, 0) is 24.6 Å². The van der Waals surface area contributed by atoms with Crippen LogP contribution in [0.3, 0.4) is 0 Å². The second-order valence-corrected chi connectivity index (χ2v) is 4.35. The molecule has 5 nitrogen and oxygen atoms in total. The van der Waals surface area contributed by atoms with Crippen molar-refractivity contribution in [3.05, 3.63) is 34.9 Å². The summed E-state index contributed by atoms with van der Waals surface area (Å²) in [6, 6.07) is 6.99. The Morgan fingerprint density at radius 1 is 1.32 bits per heavy atom. The summed E-state index contributed by atoms with van der Waals surface area (Å²) in [6.45, 7) is 2.39. The fraction of sp³-hybridized carbons (Fsp3) is 0.385. The number of aliphatic hydroxyl groups excluding tert-OH is 1. The molecule has 0 fully saturated rings. The summed E-state index contributed by atoms with van der Waals surface area (Å²) in [5, 5.41) is 11.9. The van der Waals surface area contributed by atoms with Gasteiger partial charge in [0.25, 0.3) is 0 Å². The number of hydrogen-bond donors (Lipinski definition) is 2. The van der Waals surface area contributed by atoms with E-state index in [-0.39, 0.29) is 19.7 Å². The lowest BCUT2D eigenvalue weighted by atomic mass is 10.2. The van der Waals surface area contributed by atoms with Crippen molar-refractivity contribution < 1.29 is 14.7 Å². The Balaban J connectivity index is 2.50. The number of halogens is 1. The molecule has 0 saturated carbocycles. The largest absolute Gasteiger partial charge is 0.395 e. The van der Waals surface area contributed by atoms with Crippen LogP contribution in [0.25, 0.3) is 0 Å². The van der Waals surface area contributed by atoms with Crippen LogP contribution in [-0.4, -0.2) is 41.5 Å². The number of aliphatic hydroxyl groups is 1. The molecule has 1 aromatic carbocycles. The maximum absolute atomic E-state index is 11.7. The molecule has 0 radical (unpaired) electrons. The fourth-order valence-electron chi connectivity index (χ4n) is 1.53. The standard InChI is InChI=1S/C13H17ClN2O3/c1-2-16(7-8-17)13(19)12(18)15-9-10-3-5-11(14)6-4-10/h3-6,17H,2,7-9H2,1H3,(H,15,18). The first kappa shape index (κ1) is 15.5. The molecular formula is C13H17ClN2O3.